The first-order valence-corrected chi connectivity index (χ1v) is 7.93. The third-order valence-corrected chi connectivity index (χ3v) is 3.65. The molecule has 2 aromatic rings. The number of halogens is 1. The maximum Gasteiger partial charge on any atom is 0.197 e. The van der Waals surface area contributed by atoms with E-state index in [4.69, 9.17) is 18.9 Å². The van der Waals surface area contributed by atoms with Crippen molar-refractivity contribution < 1.29 is 23.3 Å². The van der Waals surface area contributed by atoms with Crippen molar-refractivity contribution in [2.24, 2.45) is 0 Å². The summed E-state index contributed by atoms with van der Waals surface area (Å²) >= 11 is 0. The number of hydrogen-bond donors (Lipinski definition) is 0. The molecule has 0 N–H and O–H groups in total. The van der Waals surface area contributed by atoms with Crippen LogP contribution in [0.4, 0.5) is 4.39 Å². The van der Waals surface area contributed by atoms with Gasteiger partial charge in [0.1, 0.15) is 19.3 Å². The second-order valence-corrected chi connectivity index (χ2v) is 6.10. The lowest BCUT2D eigenvalue weighted by Gasteiger charge is -2.18. The number of ether oxygens (including phenoxy) is 4. The molecule has 0 unspecified atom stereocenters. The van der Waals surface area contributed by atoms with E-state index in [9.17, 15) is 4.39 Å². The average molecular weight is 332 g/mol. The maximum absolute atomic E-state index is 14.1. The van der Waals surface area contributed by atoms with Gasteiger partial charge in [0.25, 0.3) is 0 Å². The molecular weight excluding hydrogens is 311 g/mol. The topological polar surface area (TPSA) is 36.9 Å². The minimum absolute atomic E-state index is 0.111. The zero-order valence-electron chi connectivity index (χ0n) is 13.8. The lowest BCUT2D eigenvalue weighted by molar-refractivity contribution is -0.141. The van der Waals surface area contributed by atoms with Gasteiger partial charge in [-0.05, 0) is 31.5 Å². The van der Waals surface area contributed by atoms with Gasteiger partial charge in [0.05, 0.1) is 6.61 Å². The molecule has 0 bridgehead atoms. The fraction of sp³-hybridized carbons (Fsp3) is 0.368. The van der Waals surface area contributed by atoms with E-state index in [1.807, 2.05) is 44.2 Å². The zero-order chi connectivity index (χ0) is 17.0. The molecule has 5 heteroatoms. The molecule has 0 spiro atoms. The van der Waals surface area contributed by atoms with E-state index in [1.54, 1.807) is 12.1 Å². The molecule has 24 heavy (non-hydrogen) atoms. The molecular formula is C19H21FO4. The van der Waals surface area contributed by atoms with Gasteiger partial charge in [0, 0.05) is 0 Å². The van der Waals surface area contributed by atoms with Crippen molar-refractivity contribution in [2.75, 3.05) is 13.2 Å². The van der Waals surface area contributed by atoms with Crippen molar-refractivity contribution in [2.45, 2.75) is 32.3 Å². The molecule has 0 radical (unpaired) electrons. The van der Waals surface area contributed by atoms with Crippen LogP contribution in [0, 0.1) is 5.82 Å². The summed E-state index contributed by atoms with van der Waals surface area (Å²) in [7, 11) is 0. The van der Waals surface area contributed by atoms with Crippen molar-refractivity contribution >= 4 is 0 Å². The Kier molecular flexibility index (Phi) is 5.02. The lowest BCUT2D eigenvalue weighted by Crippen LogP contribution is -2.25. The first-order valence-electron chi connectivity index (χ1n) is 7.93. The standard InChI is InChI=1S/C19H21FO4/c1-19(2)23-13-15(24-19)12-21-17-10-6-9-16(20)18(17)22-11-14-7-4-3-5-8-14/h3-10,15H,11-13H2,1-2H3/t15-/m1/s1. The summed E-state index contributed by atoms with van der Waals surface area (Å²) < 4.78 is 36.6. The molecule has 0 aliphatic carbocycles. The van der Waals surface area contributed by atoms with Crippen molar-refractivity contribution in [1.82, 2.24) is 0 Å². The lowest BCUT2D eigenvalue weighted by atomic mass is 10.2. The smallest absolute Gasteiger partial charge is 0.197 e. The molecule has 0 aromatic heterocycles. The molecule has 1 atom stereocenters. The van der Waals surface area contributed by atoms with Gasteiger partial charge in [-0.25, -0.2) is 4.39 Å². The molecule has 1 heterocycles. The number of hydrogen-bond acceptors (Lipinski definition) is 4. The molecule has 3 rings (SSSR count). The van der Waals surface area contributed by atoms with Gasteiger partial charge < -0.3 is 18.9 Å². The van der Waals surface area contributed by atoms with E-state index in [0.29, 0.717) is 12.4 Å². The minimum atomic E-state index is -0.609. The Morgan fingerprint density at radius 2 is 1.88 bits per heavy atom. The second-order valence-electron chi connectivity index (χ2n) is 6.10. The molecule has 4 nitrogen and oxygen atoms in total. The quantitative estimate of drug-likeness (QED) is 0.803. The summed E-state index contributed by atoms with van der Waals surface area (Å²) in [6.07, 6.45) is -0.190. The average Bonchev–Trinajstić information content (AvgIpc) is 2.92. The highest BCUT2D eigenvalue weighted by molar-refractivity contribution is 5.41. The second kappa shape index (κ2) is 7.20. The van der Waals surface area contributed by atoms with Gasteiger partial charge in [-0.15, -0.1) is 0 Å². The molecule has 2 aromatic carbocycles. The summed E-state index contributed by atoms with van der Waals surface area (Å²) in [6.45, 7) is 4.69. The SMILES string of the molecule is CC1(C)OC[C@@H](COc2cccc(F)c2OCc2ccccc2)O1. The highest BCUT2D eigenvalue weighted by Crippen LogP contribution is 2.32. The van der Waals surface area contributed by atoms with E-state index in [-0.39, 0.29) is 25.1 Å². The Balaban J connectivity index is 1.64. The molecule has 1 aliphatic heterocycles. The summed E-state index contributed by atoms with van der Waals surface area (Å²) in [5.74, 6) is -0.589. The summed E-state index contributed by atoms with van der Waals surface area (Å²) in [5, 5.41) is 0. The van der Waals surface area contributed by atoms with Crippen molar-refractivity contribution in [3.05, 3.63) is 59.9 Å². The predicted molar refractivity (Wildman–Crippen MR) is 87.6 cm³/mol. The van der Waals surface area contributed by atoms with Gasteiger partial charge in [-0.1, -0.05) is 36.4 Å². The highest BCUT2D eigenvalue weighted by atomic mass is 19.1. The van der Waals surface area contributed by atoms with Crippen LogP contribution in [0.1, 0.15) is 19.4 Å². The fourth-order valence-electron chi connectivity index (χ4n) is 2.50. The van der Waals surface area contributed by atoms with Gasteiger partial charge in [-0.2, -0.15) is 0 Å². The van der Waals surface area contributed by atoms with Crippen molar-refractivity contribution in [3.8, 4) is 11.5 Å². The van der Waals surface area contributed by atoms with Crippen LogP contribution >= 0.6 is 0 Å². The molecule has 0 amide bonds. The van der Waals surface area contributed by atoms with Crippen molar-refractivity contribution in [1.29, 1.82) is 0 Å². The van der Waals surface area contributed by atoms with Gasteiger partial charge in [-0.3, -0.25) is 0 Å². The van der Waals surface area contributed by atoms with Crippen LogP contribution in [0.3, 0.4) is 0 Å². The Morgan fingerprint density at radius 3 is 2.58 bits per heavy atom. The Bertz CT molecular complexity index is 672. The largest absolute Gasteiger partial charge is 0.487 e. The van der Waals surface area contributed by atoms with E-state index >= 15 is 0 Å². The van der Waals surface area contributed by atoms with E-state index in [2.05, 4.69) is 0 Å². The third kappa shape index (κ3) is 4.24. The van der Waals surface area contributed by atoms with Gasteiger partial charge >= 0.3 is 0 Å². The van der Waals surface area contributed by atoms with Crippen LogP contribution in [0.25, 0.3) is 0 Å². The number of rotatable bonds is 6. The van der Waals surface area contributed by atoms with Crippen LogP contribution in [0.5, 0.6) is 11.5 Å². The molecule has 0 saturated carbocycles. The monoisotopic (exact) mass is 332 g/mol. The first kappa shape index (κ1) is 16.7. The maximum atomic E-state index is 14.1. The van der Waals surface area contributed by atoms with Crippen molar-refractivity contribution in [3.63, 3.8) is 0 Å². The highest BCUT2D eigenvalue weighted by Gasteiger charge is 2.33. The van der Waals surface area contributed by atoms with Crippen LogP contribution in [-0.4, -0.2) is 25.1 Å². The van der Waals surface area contributed by atoms with Crippen LogP contribution in [0.2, 0.25) is 0 Å². The number of benzene rings is 2. The molecule has 1 saturated heterocycles. The molecule has 1 aliphatic rings. The van der Waals surface area contributed by atoms with E-state index < -0.39 is 11.6 Å². The predicted octanol–water partition coefficient (Wildman–Crippen LogP) is 3.94. The summed E-state index contributed by atoms with van der Waals surface area (Å²) in [5.41, 5.74) is 0.959. The van der Waals surface area contributed by atoms with Gasteiger partial charge in [0.2, 0.25) is 0 Å². The van der Waals surface area contributed by atoms with Crippen LogP contribution < -0.4 is 9.47 Å². The Hall–Kier alpha value is -2.11. The first-order chi connectivity index (χ1) is 11.5. The Labute approximate surface area is 141 Å². The van der Waals surface area contributed by atoms with Gasteiger partial charge in [0.15, 0.2) is 23.1 Å². The van der Waals surface area contributed by atoms with E-state index in [1.165, 1.54) is 6.07 Å². The zero-order valence-corrected chi connectivity index (χ0v) is 13.8. The third-order valence-electron chi connectivity index (χ3n) is 3.65. The normalized spacial score (nSPS) is 19.2. The van der Waals surface area contributed by atoms with Crippen LogP contribution in [0.15, 0.2) is 48.5 Å². The fourth-order valence-corrected chi connectivity index (χ4v) is 2.50. The minimum Gasteiger partial charge on any atom is -0.487 e. The number of para-hydroxylation sites is 1. The van der Waals surface area contributed by atoms with Crippen LogP contribution in [-0.2, 0) is 16.1 Å². The molecule has 1 fully saturated rings. The summed E-state index contributed by atoms with van der Waals surface area (Å²) in [6, 6.07) is 14.2. The summed E-state index contributed by atoms with van der Waals surface area (Å²) in [4.78, 5) is 0. The van der Waals surface area contributed by atoms with E-state index in [0.717, 1.165) is 5.56 Å². The molecule has 128 valence electrons. The Morgan fingerprint density at radius 1 is 1.08 bits per heavy atom.